The quantitative estimate of drug-likeness (QED) is 0.346. The second-order valence-corrected chi connectivity index (χ2v) is 9.20. The first kappa shape index (κ1) is 22.5. The Labute approximate surface area is 210 Å². The minimum absolute atomic E-state index is 0.193. The summed E-state index contributed by atoms with van der Waals surface area (Å²) in [5.41, 5.74) is 3.74. The molecule has 0 bridgehead atoms. The Bertz CT molecular complexity index is 1590. The number of aromatic nitrogens is 4. The van der Waals surface area contributed by atoms with E-state index in [4.69, 9.17) is 16.3 Å². The molecule has 0 aliphatic carbocycles. The van der Waals surface area contributed by atoms with E-state index in [9.17, 15) is 9.18 Å². The highest BCUT2D eigenvalue weighted by molar-refractivity contribution is 6.30. The molecular weight excluding hydrogens is 483 g/mol. The van der Waals surface area contributed by atoms with Gasteiger partial charge in [-0.2, -0.15) is 0 Å². The van der Waals surface area contributed by atoms with Crippen molar-refractivity contribution in [2.75, 3.05) is 30.4 Å². The molecule has 4 heterocycles. The zero-order valence-corrected chi connectivity index (χ0v) is 20.1. The van der Waals surface area contributed by atoms with Crippen molar-refractivity contribution in [1.82, 2.24) is 19.4 Å². The maximum absolute atomic E-state index is 13.8. The third-order valence-corrected chi connectivity index (χ3v) is 6.63. The average Bonchev–Trinajstić information content (AvgIpc) is 3.59. The van der Waals surface area contributed by atoms with Crippen LogP contribution in [0.3, 0.4) is 0 Å². The maximum Gasteiger partial charge on any atom is 0.278 e. The van der Waals surface area contributed by atoms with Crippen LogP contribution in [0.2, 0.25) is 5.02 Å². The SMILES string of the molecule is COC1CCN(c2cccc3nc(C(=O)Nc4nc5ccc(-c6cc(F)cc(Cl)c6)cc5[nH]4)cn23)C1. The molecule has 2 N–H and O–H groups in total. The van der Waals surface area contributed by atoms with Crippen molar-refractivity contribution in [2.24, 2.45) is 0 Å². The van der Waals surface area contributed by atoms with Crippen molar-refractivity contribution in [3.8, 4) is 11.1 Å². The van der Waals surface area contributed by atoms with Crippen LogP contribution in [0.4, 0.5) is 16.2 Å². The van der Waals surface area contributed by atoms with E-state index in [0.717, 1.165) is 30.9 Å². The molecule has 1 atom stereocenters. The summed E-state index contributed by atoms with van der Waals surface area (Å²) < 4.78 is 21.2. The molecule has 1 fully saturated rings. The van der Waals surface area contributed by atoms with Crippen molar-refractivity contribution < 1.29 is 13.9 Å². The number of amides is 1. The highest BCUT2D eigenvalue weighted by Gasteiger charge is 2.24. The molecule has 3 aromatic heterocycles. The lowest BCUT2D eigenvalue weighted by Gasteiger charge is -2.19. The molecule has 1 saturated heterocycles. The normalized spacial score (nSPS) is 15.8. The smallest absolute Gasteiger partial charge is 0.278 e. The first-order chi connectivity index (χ1) is 17.5. The number of carbonyl (C=O) groups is 1. The summed E-state index contributed by atoms with van der Waals surface area (Å²) >= 11 is 6.00. The third-order valence-electron chi connectivity index (χ3n) is 6.42. The Kier molecular flexibility index (Phi) is 5.58. The minimum Gasteiger partial charge on any atom is -0.380 e. The molecule has 0 spiro atoms. The Balaban J connectivity index is 1.25. The molecular formula is C26H22ClFN6O2. The fraction of sp³-hybridized carbons (Fsp3) is 0.192. The second kappa shape index (κ2) is 8.92. The van der Waals surface area contributed by atoms with Crippen LogP contribution in [-0.4, -0.2) is 51.6 Å². The second-order valence-electron chi connectivity index (χ2n) is 8.76. The molecule has 0 saturated carbocycles. The molecule has 1 amide bonds. The van der Waals surface area contributed by atoms with E-state index in [1.54, 1.807) is 25.4 Å². The monoisotopic (exact) mass is 504 g/mol. The standard InChI is InChI=1S/C26H22ClFN6O2/c1-36-19-7-8-33(13-19)24-4-2-3-23-29-22(14-34(23)24)25(35)32-26-30-20-6-5-15(11-21(20)31-26)16-9-17(27)12-18(28)10-16/h2-6,9-12,14,19H,7-8,13H2,1H3,(H2,30,31,32,35). The summed E-state index contributed by atoms with van der Waals surface area (Å²) in [7, 11) is 1.73. The number of aromatic amines is 1. The maximum atomic E-state index is 13.8. The van der Waals surface area contributed by atoms with Crippen molar-refractivity contribution in [2.45, 2.75) is 12.5 Å². The van der Waals surface area contributed by atoms with E-state index in [1.165, 1.54) is 12.1 Å². The van der Waals surface area contributed by atoms with Crippen molar-refractivity contribution >= 4 is 46.0 Å². The number of carbonyl (C=O) groups excluding carboxylic acids is 1. The number of benzene rings is 2. The topological polar surface area (TPSA) is 87.5 Å². The van der Waals surface area contributed by atoms with E-state index in [2.05, 4.69) is 25.2 Å². The lowest BCUT2D eigenvalue weighted by atomic mass is 10.1. The summed E-state index contributed by atoms with van der Waals surface area (Å²) in [6, 6.07) is 15.7. The van der Waals surface area contributed by atoms with Gasteiger partial charge in [0.15, 0.2) is 0 Å². The highest BCUT2D eigenvalue weighted by Crippen LogP contribution is 2.28. The van der Waals surface area contributed by atoms with Crippen LogP contribution in [0, 0.1) is 5.82 Å². The highest BCUT2D eigenvalue weighted by atomic mass is 35.5. The van der Waals surface area contributed by atoms with Crippen LogP contribution in [0.25, 0.3) is 27.8 Å². The number of pyridine rings is 1. The van der Waals surface area contributed by atoms with Crippen LogP contribution in [0.15, 0.2) is 60.8 Å². The first-order valence-electron chi connectivity index (χ1n) is 11.5. The number of hydrogen-bond acceptors (Lipinski definition) is 5. The number of imidazole rings is 2. The molecule has 5 aromatic rings. The summed E-state index contributed by atoms with van der Waals surface area (Å²) in [5, 5.41) is 3.12. The Morgan fingerprint density at radius 2 is 2.06 bits per heavy atom. The van der Waals surface area contributed by atoms with E-state index in [0.29, 0.717) is 33.2 Å². The van der Waals surface area contributed by atoms with Gasteiger partial charge in [0.1, 0.15) is 23.0 Å². The van der Waals surface area contributed by atoms with Gasteiger partial charge in [0.25, 0.3) is 5.91 Å². The van der Waals surface area contributed by atoms with Gasteiger partial charge < -0.3 is 14.6 Å². The lowest BCUT2D eigenvalue weighted by molar-refractivity contribution is 0.102. The number of ether oxygens (including phenoxy) is 1. The first-order valence-corrected chi connectivity index (χ1v) is 11.9. The zero-order valence-electron chi connectivity index (χ0n) is 19.3. The Hall–Kier alpha value is -3.95. The van der Waals surface area contributed by atoms with Gasteiger partial charge in [-0.25, -0.2) is 14.4 Å². The molecule has 2 aromatic carbocycles. The molecule has 182 valence electrons. The van der Waals surface area contributed by atoms with Gasteiger partial charge in [-0.05, 0) is 60.0 Å². The number of nitrogens with zero attached hydrogens (tertiary/aromatic N) is 4. The van der Waals surface area contributed by atoms with Gasteiger partial charge in [0.05, 0.1) is 17.1 Å². The zero-order chi connectivity index (χ0) is 24.8. The fourth-order valence-corrected chi connectivity index (χ4v) is 4.85. The molecule has 1 aliphatic heterocycles. The van der Waals surface area contributed by atoms with Crippen molar-refractivity contribution in [3.05, 3.63) is 77.3 Å². The van der Waals surface area contributed by atoms with E-state index in [-0.39, 0.29) is 17.7 Å². The fourth-order valence-electron chi connectivity index (χ4n) is 4.63. The van der Waals surface area contributed by atoms with E-state index >= 15 is 0 Å². The summed E-state index contributed by atoms with van der Waals surface area (Å²) in [4.78, 5) is 27.3. The van der Waals surface area contributed by atoms with Crippen LogP contribution in [0.1, 0.15) is 16.9 Å². The number of fused-ring (bicyclic) bond motifs is 2. The number of H-pyrrole nitrogens is 1. The number of nitrogens with one attached hydrogen (secondary N) is 2. The average molecular weight is 505 g/mol. The van der Waals surface area contributed by atoms with Crippen LogP contribution in [-0.2, 0) is 4.74 Å². The van der Waals surface area contributed by atoms with Gasteiger partial charge in [0, 0.05) is 31.4 Å². The molecule has 0 radical (unpaired) electrons. The number of hydrogen-bond donors (Lipinski definition) is 2. The molecule has 1 aliphatic rings. The Morgan fingerprint density at radius 1 is 1.17 bits per heavy atom. The summed E-state index contributed by atoms with van der Waals surface area (Å²) in [6.45, 7) is 1.66. The molecule has 8 nitrogen and oxygen atoms in total. The molecule has 36 heavy (non-hydrogen) atoms. The van der Waals surface area contributed by atoms with Crippen LogP contribution < -0.4 is 10.2 Å². The third kappa shape index (κ3) is 4.16. The predicted octanol–water partition coefficient (Wildman–Crippen LogP) is 5.15. The largest absolute Gasteiger partial charge is 0.380 e. The van der Waals surface area contributed by atoms with Crippen LogP contribution >= 0.6 is 11.6 Å². The number of methoxy groups -OCH3 is 1. The van der Waals surface area contributed by atoms with Gasteiger partial charge in [-0.3, -0.25) is 14.5 Å². The van der Waals surface area contributed by atoms with E-state index in [1.807, 2.05) is 34.7 Å². The minimum atomic E-state index is -0.408. The predicted molar refractivity (Wildman–Crippen MR) is 137 cm³/mol. The van der Waals surface area contributed by atoms with Gasteiger partial charge >= 0.3 is 0 Å². The summed E-state index contributed by atoms with van der Waals surface area (Å²) in [6.07, 6.45) is 2.88. The van der Waals surface area contributed by atoms with Gasteiger partial charge in [-0.1, -0.05) is 23.7 Å². The van der Waals surface area contributed by atoms with Gasteiger partial charge in [0.2, 0.25) is 5.95 Å². The molecule has 10 heteroatoms. The number of anilines is 2. The van der Waals surface area contributed by atoms with Gasteiger partial charge in [-0.15, -0.1) is 0 Å². The number of halogens is 2. The van der Waals surface area contributed by atoms with Crippen molar-refractivity contribution in [1.29, 1.82) is 0 Å². The van der Waals surface area contributed by atoms with Crippen molar-refractivity contribution in [3.63, 3.8) is 0 Å². The van der Waals surface area contributed by atoms with Crippen LogP contribution in [0.5, 0.6) is 0 Å². The molecule has 6 rings (SSSR count). The number of rotatable bonds is 5. The van der Waals surface area contributed by atoms with E-state index < -0.39 is 5.82 Å². The Morgan fingerprint density at radius 3 is 2.86 bits per heavy atom. The lowest BCUT2D eigenvalue weighted by Crippen LogP contribution is -2.24. The summed E-state index contributed by atoms with van der Waals surface area (Å²) in [5.74, 6) is 0.475. The molecule has 1 unspecified atom stereocenters.